The molecule has 2 aromatic carbocycles. The molecule has 2 aromatic rings. The third-order valence-corrected chi connectivity index (χ3v) is 4.88. The topological polar surface area (TPSA) is 130 Å². The highest BCUT2D eigenvalue weighted by atomic mass is 79.9. The summed E-state index contributed by atoms with van der Waals surface area (Å²) in [4.78, 5) is 48.4. The number of benzene rings is 2. The van der Waals surface area contributed by atoms with Crippen molar-refractivity contribution in [1.82, 2.24) is 5.32 Å². The molecule has 3 rings (SSSR count). The molecule has 0 aliphatic carbocycles. The number of phenols is 1. The van der Waals surface area contributed by atoms with Crippen molar-refractivity contribution in [3.05, 3.63) is 67.7 Å². The van der Waals surface area contributed by atoms with Crippen LogP contribution in [0.4, 0.5) is 16.2 Å². The summed E-state index contributed by atoms with van der Waals surface area (Å²) in [7, 11) is 0. The smallest absolute Gasteiger partial charge is 0.335 e. The second kappa shape index (κ2) is 7.84. The molecule has 10 heteroatoms. The second-order valence-corrected chi connectivity index (χ2v) is 6.96. The number of hydrogen-bond acceptors (Lipinski definition) is 6. The predicted octanol–water partition coefficient (Wildman–Crippen LogP) is 3.29. The van der Waals surface area contributed by atoms with Crippen LogP contribution in [0, 0.1) is 10.1 Å². The molecule has 1 heterocycles. The Morgan fingerprint density at radius 1 is 1.21 bits per heavy atom. The molecule has 1 saturated heterocycles. The number of aryl methyl sites for hydroxylation is 1. The van der Waals surface area contributed by atoms with Crippen molar-refractivity contribution < 1.29 is 24.4 Å². The van der Waals surface area contributed by atoms with Crippen molar-refractivity contribution in [2.24, 2.45) is 0 Å². The van der Waals surface area contributed by atoms with E-state index in [0.29, 0.717) is 0 Å². The third-order valence-electron chi connectivity index (χ3n) is 4.28. The van der Waals surface area contributed by atoms with Crippen molar-refractivity contribution in [2.75, 3.05) is 4.90 Å². The number of carbonyl (C=O) groups excluding carboxylic acids is 3. The molecule has 0 radical (unpaired) electrons. The summed E-state index contributed by atoms with van der Waals surface area (Å²) in [6.07, 6.45) is 1.90. The average molecular weight is 460 g/mol. The Balaban J connectivity index is 2.04. The first-order valence-electron chi connectivity index (χ1n) is 8.40. The van der Waals surface area contributed by atoms with Gasteiger partial charge in [-0.15, -0.1) is 0 Å². The summed E-state index contributed by atoms with van der Waals surface area (Å²) in [5.41, 5.74) is 0.428. The number of nitrogens with one attached hydrogen (secondary N) is 1. The van der Waals surface area contributed by atoms with Crippen molar-refractivity contribution in [1.29, 1.82) is 0 Å². The largest absolute Gasteiger partial charge is 0.501 e. The number of carbonyl (C=O) groups is 3. The Kier molecular flexibility index (Phi) is 5.46. The van der Waals surface area contributed by atoms with Crippen molar-refractivity contribution in [2.45, 2.75) is 13.3 Å². The summed E-state index contributed by atoms with van der Waals surface area (Å²) in [5.74, 6) is -2.37. The molecule has 148 valence electrons. The van der Waals surface area contributed by atoms with Crippen LogP contribution in [-0.2, 0) is 16.0 Å². The zero-order valence-corrected chi connectivity index (χ0v) is 16.6. The number of phenolic OH excluding ortho intramolecular Hbond substituents is 1. The molecule has 0 atom stereocenters. The highest BCUT2D eigenvalue weighted by Crippen LogP contribution is 2.36. The number of nitrogens with zero attached hydrogens (tertiary/aromatic N) is 2. The highest BCUT2D eigenvalue weighted by molar-refractivity contribution is 9.10. The Labute approximate surface area is 172 Å². The van der Waals surface area contributed by atoms with Gasteiger partial charge in [-0.05, 0) is 57.8 Å². The van der Waals surface area contributed by atoms with E-state index >= 15 is 0 Å². The van der Waals surface area contributed by atoms with Gasteiger partial charge in [-0.2, -0.15) is 0 Å². The minimum Gasteiger partial charge on any atom is -0.501 e. The fraction of sp³-hybridized carbons (Fsp3) is 0.105. The molecule has 9 nitrogen and oxygen atoms in total. The maximum Gasteiger partial charge on any atom is 0.335 e. The van der Waals surface area contributed by atoms with Crippen LogP contribution >= 0.6 is 15.9 Å². The highest BCUT2D eigenvalue weighted by Gasteiger charge is 2.37. The maximum absolute atomic E-state index is 12.9. The monoisotopic (exact) mass is 459 g/mol. The maximum atomic E-state index is 12.9. The van der Waals surface area contributed by atoms with E-state index in [0.717, 1.165) is 29.0 Å². The molecular weight excluding hydrogens is 446 g/mol. The summed E-state index contributed by atoms with van der Waals surface area (Å²) in [5, 5.41) is 22.9. The van der Waals surface area contributed by atoms with Gasteiger partial charge in [-0.3, -0.25) is 25.0 Å². The van der Waals surface area contributed by atoms with Crippen LogP contribution in [-0.4, -0.2) is 27.9 Å². The number of hydrogen-bond donors (Lipinski definition) is 2. The van der Waals surface area contributed by atoms with Gasteiger partial charge in [0.1, 0.15) is 5.57 Å². The Bertz CT molecular complexity index is 1080. The lowest BCUT2D eigenvalue weighted by molar-refractivity contribution is -0.386. The van der Waals surface area contributed by atoms with Crippen molar-refractivity contribution >= 4 is 51.2 Å². The Morgan fingerprint density at radius 2 is 1.86 bits per heavy atom. The van der Waals surface area contributed by atoms with Crippen molar-refractivity contribution in [3.8, 4) is 5.75 Å². The number of rotatable bonds is 4. The van der Waals surface area contributed by atoms with Crippen LogP contribution in [0.15, 0.2) is 46.4 Å². The van der Waals surface area contributed by atoms with Crippen LogP contribution < -0.4 is 10.2 Å². The minimum absolute atomic E-state index is 0.0188. The van der Waals surface area contributed by atoms with Gasteiger partial charge in [0.05, 0.1) is 15.1 Å². The van der Waals surface area contributed by atoms with E-state index < -0.39 is 34.2 Å². The van der Waals surface area contributed by atoms with Crippen LogP contribution in [0.5, 0.6) is 5.75 Å². The first-order valence-corrected chi connectivity index (χ1v) is 9.19. The van der Waals surface area contributed by atoms with Gasteiger partial charge >= 0.3 is 11.7 Å². The van der Waals surface area contributed by atoms with Gasteiger partial charge in [-0.25, -0.2) is 9.69 Å². The molecule has 2 N–H and O–H groups in total. The van der Waals surface area contributed by atoms with Crippen molar-refractivity contribution in [3.63, 3.8) is 0 Å². The zero-order valence-electron chi connectivity index (χ0n) is 15.0. The third kappa shape index (κ3) is 3.87. The van der Waals surface area contributed by atoms with Gasteiger partial charge in [0.25, 0.3) is 11.8 Å². The normalized spacial score (nSPS) is 15.6. The van der Waals surface area contributed by atoms with E-state index in [4.69, 9.17) is 0 Å². The molecule has 29 heavy (non-hydrogen) atoms. The van der Waals surface area contributed by atoms with E-state index in [9.17, 15) is 29.6 Å². The van der Waals surface area contributed by atoms with E-state index in [-0.39, 0.29) is 21.3 Å². The number of halogens is 1. The molecule has 0 unspecified atom stereocenters. The Hall–Kier alpha value is -3.53. The first kappa shape index (κ1) is 20.2. The zero-order chi connectivity index (χ0) is 21.3. The lowest BCUT2D eigenvalue weighted by atomic mass is 10.1. The van der Waals surface area contributed by atoms with Gasteiger partial charge < -0.3 is 5.11 Å². The predicted molar refractivity (Wildman–Crippen MR) is 107 cm³/mol. The van der Waals surface area contributed by atoms with E-state index in [2.05, 4.69) is 21.2 Å². The van der Waals surface area contributed by atoms with E-state index in [1.165, 1.54) is 6.07 Å². The molecule has 1 aliphatic rings. The van der Waals surface area contributed by atoms with Crippen LogP contribution in [0.25, 0.3) is 6.08 Å². The van der Waals surface area contributed by atoms with Crippen LogP contribution in [0.2, 0.25) is 0 Å². The molecule has 4 amide bonds. The number of aromatic hydroxyl groups is 1. The lowest BCUT2D eigenvalue weighted by Gasteiger charge is -2.26. The number of nitro groups is 1. The number of imide groups is 2. The molecule has 0 bridgehead atoms. The molecule has 1 aliphatic heterocycles. The summed E-state index contributed by atoms with van der Waals surface area (Å²) < 4.78 is 0.0188. The van der Waals surface area contributed by atoms with Gasteiger partial charge in [0.15, 0.2) is 0 Å². The quantitative estimate of drug-likeness (QED) is 0.312. The molecular formula is C19H14BrN3O6. The summed E-state index contributed by atoms with van der Waals surface area (Å²) >= 11 is 3.00. The molecule has 0 saturated carbocycles. The van der Waals surface area contributed by atoms with E-state index in [1.54, 1.807) is 24.3 Å². The van der Waals surface area contributed by atoms with Gasteiger partial charge in [0, 0.05) is 6.07 Å². The fourth-order valence-corrected chi connectivity index (χ4v) is 3.23. The molecule has 0 aromatic heterocycles. The SMILES string of the molecule is CCc1ccc(N2C(=O)NC(=O)/C(=C/c3cc(Br)c(O)c([N+](=O)[O-])c3)C2=O)cc1. The summed E-state index contributed by atoms with van der Waals surface area (Å²) in [6, 6.07) is 8.14. The number of urea groups is 1. The number of amides is 4. The minimum atomic E-state index is -0.923. The van der Waals surface area contributed by atoms with Crippen LogP contribution in [0.3, 0.4) is 0 Å². The number of barbiturate groups is 1. The van der Waals surface area contributed by atoms with Gasteiger partial charge in [-0.1, -0.05) is 19.1 Å². The lowest BCUT2D eigenvalue weighted by Crippen LogP contribution is -2.54. The van der Waals surface area contributed by atoms with E-state index in [1.807, 2.05) is 6.92 Å². The average Bonchev–Trinajstić information content (AvgIpc) is 2.67. The number of anilines is 1. The molecule has 0 spiro atoms. The van der Waals surface area contributed by atoms with Gasteiger partial charge in [0.2, 0.25) is 5.75 Å². The fourth-order valence-electron chi connectivity index (χ4n) is 2.77. The standard InChI is InChI=1S/C19H14BrN3O6/c1-2-10-3-5-12(6-4-10)22-18(26)13(17(25)21-19(22)27)7-11-8-14(20)16(24)15(9-11)23(28)29/h3-9,24H,2H2,1H3,(H,21,25,27)/b13-7-. The number of nitro benzene ring substituents is 1. The van der Waals surface area contributed by atoms with Crippen LogP contribution in [0.1, 0.15) is 18.1 Å². The Morgan fingerprint density at radius 3 is 2.45 bits per heavy atom. The first-order chi connectivity index (χ1) is 13.7. The summed E-state index contributed by atoms with van der Waals surface area (Å²) in [6.45, 7) is 1.96. The molecule has 1 fully saturated rings. The second-order valence-electron chi connectivity index (χ2n) is 6.11.